The zero-order chi connectivity index (χ0) is 15.4. The standard InChI is InChI=1S/C14H25N5OS/c1-3-9(2)8-17-13(20)11-12(16)18-14(21-11)19-6-4-10(15)5-7-19/h9-10H,3-8,15-16H2,1-2H3,(H,17,20). The second-order valence-corrected chi connectivity index (χ2v) is 6.74. The van der Waals surface area contributed by atoms with Crippen LogP contribution in [0, 0.1) is 5.92 Å². The molecule has 2 heterocycles. The lowest BCUT2D eigenvalue weighted by molar-refractivity contribution is 0.0952. The number of hydrogen-bond donors (Lipinski definition) is 3. The first kappa shape index (κ1) is 16.0. The zero-order valence-electron chi connectivity index (χ0n) is 12.8. The van der Waals surface area contributed by atoms with E-state index >= 15 is 0 Å². The second kappa shape index (κ2) is 7.09. The van der Waals surface area contributed by atoms with Crippen molar-refractivity contribution in [1.29, 1.82) is 0 Å². The molecule has 1 atom stereocenters. The molecule has 0 saturated carbocycles. The van der Waals surface area contributed by atoms with Gasteiger partial charge < -0.3 is 21.7 Å². The van der Waals surface area contributed by atoms with E-state index < -0.39 is 0 Å². The van der Waals surface area contributed by atoms with Crippen LogP contribution in [0.3, 0.4) is 0 Å². The number of piperidine rings is 1. The van der Waals surface area contributed by atoms with Crippen molar-refractivity contribution in [3.63, 3.8) is 0 Å². The molecule has 5 N–H and O–H groups in total. The summed E-state index contributed by atoms with van der Waals surface area (Å²) in [7, 11) is 0. The molecular weight excluding hydrogens is 286 g/mol. The Kier molecular flexibility index (Phi) is 5.41. The number of aromatic nitrogens is 1. The van der Waals surface area contributed by atoms with Gasteiger partial charge in [0.1, 0.15) is 10.7 Å². The van der Waals surface area contributed by atoms with Crippen molar-refractivity contribution in [1.82, 2.24) is 10.3 Å². The Morgan fingerprint density at radius 1 is 1.52 bits per heavy atom. The van der Waals surface area contributed by atoms with Crippen LogP contribution < -0.4 is 21.7 Å². The van der Waals surface area contributed by atoms with Gasteiger partial charge in [-0.05, 0) is 18.8 Å². The third-order valence-electron chi connectivity index (χ3n) is 3.97. The Bertz CT molecular complexity index is 482. The highest BCUT2D eigenvalue weighted by Crippen LogP contribution is 2.29. The molecule has 0 bridgehead atoms. The van der Waals surface area contributed by atoms with Crippen LogP contribution in [0.5, 0.6) is 0 Å². The molecule has 1 aliphatic rings. The molecule has 7 heteroatoms. The predicted octanol–water partition coefficient (Wildman–Crippen LogP) is 1.43. The van der Waals surface area contributed by atoms with Gasteiger partial charge in [0, 0.05) is 25.7 Å². The van der Waals surface area contributed by atoms with Crippen LogP contribution in [-0.4, -0.2) is 36.6 Å². The Balaban J connectivity index is 2.00. The lowest BCUT2D eigenvalue weighted by Crippen LogP contribution is -2.39. The summed E-state index contributed by atoms with van der Waals surface area (Å²) < 4.78 is 0. The SMILES string of the molecule is CCC(C)CNC(=O)c1sc(N2CCC(N)CC2)nc1N. The molecule has 1 fully saturated rings. The van der Waals surface area contributed by atoms with Gasteiger partial charge in [-0.15, -0.1) is 0 Å². The molecule has 1 aromatic heterocycles. The van der Waals surface area contributed by atoms with E-state index in [2.05, 4.69) is 29.0 Å². The van der Waals surface area contributed by atoms with Gasteiger partial charge in [0.2, 0.25) is 0 Å². The van der Waals surface area contributed by atoms with Crippen LogP contribution >= 0.6 is 11.3 Å². The molecule has 1 unspecified atom stereocenters. The molecule has 1 aliphatic heterocycles. The monoisotopic (exact) mass is 311 g/mol. The normalized spacial score (nSPS) is 17.8. The molecular formula is C14H25N5OS. The molecule has 0 aromatic carbocycles. The highest BCUT2D eigenvalue weighted by Gasteiger charge is 2.22. The van der Waals surface area contributed by atoms with Crippen molar-refractivity contribution in [3.05, 3.63) is 4.88 Å². The minimum atomic E-state index is -0.120. The lowest BCUT2D eigenvalue weighted by Gasteiger charge is -2.29. The fourth-order valence-corrected chi connectivity index (χ4v) is 3.15. The number of carbonyl (C=O) groups excluding carboxylic acids is 1. The molecule has 21 heavy (non-hydrogen) atoms. The molecule has 1 saturated heterocycles. The molecule has 2 rings (SSSR count). The summed E-state index contributed by atoms with van der Waals surface area (Å²) in [5.41, 5.74) is 11.8. The fraction of sp³-hybridized carbons (Fsp3) is 0.714. The highest BCUT2D eigenvalue weighted by atomic mass is 32.1. The van der Waals surface area contributed by atoms with Crippen molar-refractivity contribution in [2.45, 2.75) is 39.2 Å². The summed E-state index contributed by atoms with van der Waals surface area (Å²) in [6, 6.07) is 0.275. The maximum absolute atomic E-state index is 12.2. The third kappa shape index (κ3) is 4.07. The number of thiazole rings is 1. The van der Waals surface area contributed by atoms with Gasteiger partial charge in [0.05, 0.1) is 0 Å². The van der Waals surface area contributed by atoms with Gasteiger partial charge in [-0.25, -0.2) is 4.98 Å². The molecule has 6 nitrogen and oxygen atoms in total. The first-order valence-electron chi connectivity index (χ1n) is 7.56. The molecule has 1 aromatic rings. The summed E-state index contributed by atoms with van der Waals surface area (Å²) >= 11 is 1.37. The second-order valence-electron chi connectivity index (χ2n) is 5.76. The molecule has 0 spiro atoms. The average molecular weight is 311 g/mol. The van der Waals surface area contributed by atoms with E-state index in [1.807, 2.05) is 0 Å². The number of hydrogen-bond acceptors (Lipinski definition) is 6. The van der Waals surface area contributed by atoms with Gasteiger partial charge in [0.15, 0.2) is 5.13 Å². The van der Waals surface area contributed by atoms with Gasteiger partial charge in [0.25, 0.3) is 5.91 Å². The van der Waals surface area contributed by atoms with Crippen LogP contribution in [0.15, 0.2) is 0 Å². The van der Waals surface area contributed by atoms with Crippen molar-refractivity contribution in [3.8, 4) is 0 Å². The summed E-state index contributed by atoms with van der Waals surface area (Å²) in [5.74, 6) is 0.669. The fourth-order valence-electron chi connectivity index (χ4n) is 2.20. The summed E-state index contributed by atoms with van der Waals surface area (Å²) in [5, 5.41) is 3.75. The maximum atomic E-state index is 12.2. The van der Waals surface area contributed by atoms with Crippen LogP contribution in [-0.2, 0) is 0 Å². The smallest absolute Gasteiger partial charge is 0.265 e. The van der Waals surface area contributed by atoms with Crippen molar-refractivity contribution in [2.75, 3.05) is 30.3 Å². The largest absolute Gasteiger partial charge is 0.382 e. The Labute approximate surface area is 129 Å². The molecule has 0 radical (unpaired) electrons. The van der Waals surface area contributed by atoms with Gasteiger partial charge in [-0.2, -0.15) is 0 Å². The Morgan fingerprint density at radius 3 is 2.81 bits per heavy atom. The minimum absolute atomic E-state index is 0.120. The predicted molar refractivity (Wildman–Crippen MR) is 87.7 cm³/mol. The topological polar surface area (TPSA) is 97.3 Å². The number of amides is 1. The van der Waals surface area contributed by atoms with Crippen molar-refractivity contribution in [2.24, 2.45) is 11.7 Å². The highest BCUT2D eigenvalue weighted by molar-refractivity contribution is 7.18. The number of rotatable bonds is 5. The zero-order valence-corrected chi connectivity index (χ0v) is 13.6. The van der Waals surface area contributed by atoms with Crippen molar-refractivity contribution < 1.29 is 4.79 Å². The number of nitrogens with one attached hydrogen (secondary N) is 1. The van der Waals surface area contributed by atoms with E-state index in [9.17, 15) is 4.79 Å². The van der Waals surface area contributed by atoms with E-state index in [1.165, 1.54) is 11.3 Å². The van der Waals surface area contributed by atoms with Crippen LogP contribution in [0.1, 0.15) is 42.8 Å². The number of nitrogens with two attached hydrogens (primary N) is 2. The van der Waals surface area contributed by atoms with Gasteiger partial charge in [-0.1, -0.05) is 31.6 Å². The van der Waals surface area contributed by atoms with E-state index in [4.69, 9.17) is 11.5 Å². The minimum Gasteiger partial charge on any atom is -0.382 e. The van der Waals surface area contributed by atoms with Crippen LogP contribution in [0.25, 0.3) is 0 Å². The number of nitrogen functional groups attached to an aromatic ring is 1. The van der Waals surface area contributed by atoms with Crippen molar-refractivity contribution >= 4 is 28.2 Å². The Hall–Kier alpha value is -1.34. The van der Waals surface area contributed by atoms with Crippen LogP contribution in [0.4, 0.5) is 10.9 Å². The van der Waals surface area contributed by atoms with Crippen LogP contribution in [0.2, 0.25) is 0 Å². The van der Waals surface area contributed by atoms with E-state index in [-0.39, 0.29) is 11.9 Å². The van der Waals surface area contributed by atoms with E-state index in [0.717, 1.165) is 37.5 Å². The molecule has 1 amide bonds. The van der Waals surface area contributed by atoms with Gasteiger partial charge in [-0.3, -0.25) is 4.79 Å². The molecule has 0 aliphatic carbocycles. The molecule has 118 valence electrons. The van der Waals surface area contributed by atoms with Gasteiger partial charge >= 0.3 is 0 Å². The summed E-state index contributed by atoms with van der Waals surface area (Å²) in [6.07, 6.45) is 2.95. The lowest BCUT2D eigenvalue weighted by atomic mass is 10.1. The third-order valence-corrected chi connectivity index (χ3v) is 5.10. The average Bonchev–Trinajstić information content (AvgIpc) is 2.87. The number of nitrogens with zero attached hydrogens (tertiary/aromatic N) is 2. The van der Waals surface area contributed by atoms with E-state index in [1.54, 1.807) is 0 Å². The summed E-state index contributed by atoms with van der Waals surface area (Å²) in [6.45, 7) is 6.64. The number of anilines is 2. The first-order valence-corrected chi connectivity index (χ1v) is 8.38. The van der Waals surface area contributed by atoms with E-state index in [0.29, 0.717) is 23.2 Å². The first-order chi connectivity index (χ1) is 10.0. The quantitative estimate of drug-likeness (QED) is 0.764. The Morgan fingerprint density at radius 2 is 2.19 bits per heavy atom. The number of carbonyl (C=O) groups is 1. The summed E-state index contributed by atoms with van der Waals surface area (Å²) in [4.78, 5) is 19.2. The maximum Gasteiger partial charge on any atom is 0.265 e.